The number of aryl methyl sites for hydroxylation is 1. The minimum absolute atomic E-state index is 0.132. The molecule has 4 heteroatoms. The molecule has 1 amide bonds. The third-order valence-corrected chi connectivity index (χ3v) is 5.17. The summed E-state index contributed by atoms with van der Waals surface area (Å²) in [5, 5.41) is 3.53. The van der Waals surface area contributed by atoms with Crippen molar-refractivity contribution in [1.82, 2.24) is 4.98 Å². The summed E-state index contributed by atoms with van der Waals surface area (Å²) in [6.45, 7) is 2.05. The molecule has 0 saturated heterocycles. The predicted octanol–water partition coefficient (Wildman–Crippen LogP) is 5.45. The highest BCUT2D eigenvalue weighted by Gasteiger charge is 2.10. The molecule has 1 heterocycles. The van der Waals surface area contributed by atoms with Gasteiger partial charge in [0.1, 0.15) is 0 Å². The molecular formula is C22H18N2OS. The Balaban J connectivity index is 1.47. The number of aromatic nitrogens is 1. The van der Waals surface area contributed by atoms with Crippen LogP contribution in [0.1, 0.15) is 27.0 Å². The molecule has 0 radical (unpaired) electrons. The minimum atomic E-state index is -0.132. The first-order valence-electron chi connectivity index (χ1n) is 8.49. The topological polar surface area (TPSA) is 42.0 Å². The molecule has 0 atom stereocenters. The van der Waals surface area contributed by atoms with Gasteiger partial charge < -0.3 is 0 Å². The highest BCUT2D eigenvalue weighted by Crippen LogP contribution is 2.27. The van der Waals surface area contributed by atoms with Gasteiger partial charge in [-0.05, 0) is 54.3 Å². The number of rotatable bonds is 4. The molecule has 0 aliphatic heterocycles. The third kappa shape index (κ3) is 3.65. The quantitative estimate of drug-likeness (QED) is 0.527. The van der Waals surface area contributed by atoms with Crippen LogP contribution in [0.4, 0.5) is 5.13 Å². The number of benzene rings is 3. The van der Waals surface area contributed by atoms with Gasteiger partial charge in [-0.3, -0.25) is 10.1 Å². The molecule has 1 N–H and O–H groups in total. The van der Waals surface area contributed by atoms with Gasteiger partial charge in [0.2, 0.25) is 0 Å². The molecule has 0 saturated carbocycles. The predicted molar refractivity (Wildman–Crippen MR) is 108 cm³/mol. The van der Waals surface area contributed by atoms with Crippen molar-refractivity contribution in [2.75, 3.05) is 5.32 Å². The third-order valence-electron chi connectivity index (χ3n) is 4.23. The number of carbonyl (C=O) groups is 1. The summed E-state index contributed by atoms with van der Waals surface area (Å²) >= 11 is 1.50. The van der Waals surface area contributed by atoms with Crippen LogP contribution in [0.5, 0.6) is 0 Å². The highest BCUT2D eigenvalue weighted by molar-refractivity contribution is 7.22. The summed E-state index contributed by atoms with van der Waals surface area (Å²) in [4.78, 5) is 17.0. The Hall–Kier alpha value is -2.98. The molecule has 3 aromatic carbocycles. The van der Waals surface area contributed by atoms with Gasteiger partial charge in [-0.15, -0.1) is 0 Å². The van der Waals surface area contributed by atoms with Crippen molar-refractivity contribution < 1.29 is 4.79 Å². The van der Waals surface area contributed by atoms with Gasteiger partial charge in [-0.2, -0.15) is 0 Å². The Morgan fingerprint density at radius 1 is 0.962 bits per heavy atom. The van der Waals surface area contributed by atoms with E-state index in [1.54, 1.807) is 0 Å². The van der Waals surface area contributed by atoms with Crippen molar-refractivity contribution in [3.8, 4) is 0 Å². The van der Waals surface area contributed by atoms with Crippen LogP contribution in [0.15, 0.2) is 72.8 Å². The van der Waals surface area contributed by atoms with Crippen molar-refractivity contribution in [1.29, 1.82) is 0 Å². The number of anilines is 1. The van der Waals surface area contributed by atoms with Crippen LogP contribution in [0, 0.1) is 6.92 Å². The maximum Gasteiger partial charge on any atom is 0.257 e. The van der Waals surface area contributed by atoms with Crippen molar-refractivity contribution in [3.63, 3.8) is 0 Å². The van der Waals surface area contributed by atoms with E-state index in [1.807, 2.05) is 54.6 Å². The Labute approximate surface area is 156 Å². The fraction of sp³-hybridized carbons (Fsp3) is 0.0909. The smallest absolute Gasteiger partial charge is 0.257 e. The minimum Gasteiger partial charge on any atom is -0.298 e. The molecule has 0 bridgehead atoms. The van der Waals surface area contributed by atoms with Gasteiger partial charge in [-0.1, -0.05) is 59.9 Å². The second kappa shape index (κ2) is 7.10. The van der Waals surface area contributed by atoms with E-state index < -0.39 is 0 Å². The van der Waals surface area contributed by atoms with Gasteiger partial charge in [0, 0.05) is 5.56 Å². The first-order chi connectivity index (χ1) is 12.7. The lowest BCUT2D eigenvalue weighted by molar-refractivity contribution is 0.102. The van der Waals surface area contributed by atoms with Crippen molar-refractivity contribution in [2.24, 2.45) is 0 Å². The lowest BCUT2D eigenvalue weighted by Crippen LogP contribution is -2.11. The molecular weight excluding hydrogens is 340 g/mol. The van der Waals surface area contributed by atoms with E-state index in [1.165, 1.54) is 28.0 Å². The lowest BCUT2D eigenvalue weighted by atomic mass is 10.0. The SMILES string of the molecule is Cc1ccc2nc(NC(=O)c3ccc(Cc4ccccc4)cc3)sc2c1. The van der Waals surface area contributed by atoms with E-state index in [9.17, 15) is 4.79 Å². The number of thiazole rings is 1. The zero-order chi connectivity index (χ0) is 17.9. The number of hydrogen-bond acceptors (Lipinski definition) is 3. The zero-order valence-electron chi connectivity index (χ0n) is 14.4. The van der Waals surface area contributed by atoms with Crippen LogP contribution in [-0.2, 0) is 6.42 Å². The van der Waals surface area contributed by atoms with Crippen LogP contribution in [0.2, 0.25) is 0 Å². The number of nitrogens with one attached hydrogen (secondary N) is 1. The maximum absolute atomic E-state index is 12.5. The van der Waals surface area contributed by atoms with Crippen LogP contribution in [0.3, 0.4) is 0 Å². The van der Waals surface area contributed by atoms with E-state index in [0.29, 0.717) is 10.7 Å². The number of nitrogens with zero attached hydrogens (tertiary/aromatic N) is 1. The Morgan fingerprint density at radius 2 is 1.69 bits per heavy atom. The van der Waals surface area contributed by atoms with E-state index >= 15 is 0 Å². The molecule has 4 rings (SSSR count). The number of hydrogen-bond donors (Lipinski definition) is 1. The van der Waals surface area contributed by atoms with Crippen LogP contribution >= 0.6 is 11.3 Å². The van der Waals surface area contributed by atoms with Gasteiger partial charge in [0.05, 0.1) is 10.2 Å². The van der Waals surface area contributed by atoms with E-state index in [4.69, 9.17) is 0 Å². The highest BCUT2D eigenvalue weighted by atomic mass is 32.1. The second-order valence-corrected chi connectivity index (χ2v) is 7.33. The second-order valence-electron chi connectivity index (χ2n) is 6.30. The van der Waals surface area contributed by atoms with Crippen LogP contribution in [0.25, 0.3) is 10.2 Å². The van der Waals surface area contributed by atoms with Crippen molar-refractivity contribution in [2.45, 2.75) is 13.3 Å². The largest absolute Gasteiger partial charge is 0.298 e. The number of carbonyl (C=O) groups excluding carboxylic acids is 1. The van der Waals surface area contributed by atoms with Gasteiger partial charge in [0.25, 0.3) is 5.91 Å². The van der Waals surface area contributed by atoms with Crippen molar-refractivity contribution >= 4 is 32.6 Å². The van der Waals surface area contributed by atoms with E-state index in [-0.39, 0.29) is 5.91 Å². The Bertz CT molecular complexity index is 1050. The lowest BCUT2D eigenvalue weighted by Gasteiger charge is -2.04. The fourth-order valence-corrected chi connectivity index (χ4v) is 3.82. The molecule has 0 aliphatic carbocycles. The molecule has 26 heavy (non-hydrogen) atoms. The van der Waals surface area contributed by atoms with E-state index in [2.05, 4.69) is 35.4 Å². The summed E-state index contributed by atoms with van der Waals surface area (Å²) in [6, 6.07) is 24.1. The monoisotopic (exact) mass is 358 g/mol. The van der Waals surface area contributed by atoms with E-state index in [0.717, 1.165) is 16.6 Å². The summed E-state index contributed by atoms with van der Waals surface area (Å²) in [7, 11) is 0. The molecule has 128 valence electrons. The molecule has 4 aromatic rings. The molecule has 3 nitrogen and oxygen atoms in total. The summed E-state index contributed by atoms with van der Waals surface area (Å²) in [5.74, 6) is -0.132. The molecule has 0 unspecified atom stereocenters. The van der Waals surface area contributed by atoms with Gasteiger partial charge in [0.15, 0.2) is 5.13 Å². The molecule has 0 fully saturated rings. The number of fused-ring (bicyclic) bond motifs is 1. The molecule has 0 aliphatic rings. The normalized spacial score (nSPS) is 10.8. The average Bonchev–Trinajstić information content (AvgIpc) is 3.04. The van der Waals surface area contributed by atoms with Crippen LogP contribution < -0.4 is 5.32 Å². The molecule has 1 aromatic heterocycles. The Morgan fingerprint density at radius 3 is 2.46 bits per heavy atom. The van der Waals surface area contributed by atoms with Gasteiger partial charge >= 0.3 is 0 Å². The van der Waals surface area contributed by atoms with Crippen molar-refractivity contribution in [3.05, 3.63) is 95.1 Å². The summed E-state index contributed by atoms with van der Waals surface area (Å²) < 4.78 is 1.08. The standard InChI is InChI=1S/C22H18N2OS/c1-15-7-12-19-20(13-15)26-22(23-19)24-21(25)18-10-8-17(9-11-18)14-16-5-3-2-4-6-16/h2-13H,14H2,1H3,(H,23,24,25). The first kappa shape index (κ1) is 16.5. The van der Waals surface area contributed by atoms with Crippen LogP contribution in [-0.4, -0.2) is 10.9 Å². The number of amides is 1. The fourth-order valence-electron chi connectivity index (χ4n) is 2.86. The Kier molecular flexibility index (Phi) is 4.50. The maximum atomic E-state index is 12.5. The van der Waals surface area contributed by atoms with Gasteiger partial charge in [-0.25, -0.2) is 4.98 Å². The average molecular weight is 358 g/mol. The molecule has 0 spiro atoms. The zero-order valence-corrected chi connectivity index (χ0v) is 15.2. The first-order valence-corrected chi connectivity index (χ1v) is 9.30. The summed E-state index contributed by atoms with van der Waals surface area (Å²) in [5.41, 5.74) is 5.18. The summed E-state index contributed by atoms with van der Waals surface area (Å²) in [6.07, 6.45) is 0.861.